The highest BCUT2D eigenvalue weighted by Gasteiger charge is 2.13. The second kappa shape index (κ2) is 5.67. The fourth-order valence-corrected chi connectivity index (χ4v) is 2.02. The lowest BCUT2D eigenvalue weighted by atomic mass is 10.2. The third kappa shape index (κ3) is 3.30. The molecule has 0 fully saturated rings. The Labute approximate surface area is 121 Å². The molecule has 98 valence electrons. The standard InChI is InChI=1S/C13H7BrClF2NO/c14-7-1-3-10(15)9(5-7)13(19)18-12-6-8(16)2-4-11(12)17/h1-6H,(H,18,19). The van der Waals surface area contributed by atoms with Gasteiger partial charge in [-0.25, -0.2) is 8.78 Å². The molecule has 0 saturated carbocycles. The Morgan fingerprint density at radius 3 is 2.63 bits per heavy atom. The molecule has 1 N–H and O–H groups in total. The van der Waals surface area contributed by atoms with E-state index in [9.17, 15) is 13.6 Å². The molecule has 19 heavy (non-hydrogen) atoms. The molecular formula is C13H7BrClF2NO. The van der Waals surface area contributed by atoms with E-state index >= 15 is 0 Å². The Kier molecular flexibility index (Phi) is 4.17. The van der Waals surface area contributed by atoms with Crippen LogP contribution in [-0.4, -0.2) is 5.91 Å². The molecule has 0 unspecified atom stereocenters. The molecule has 1 amide bonds. The Morgan fingerprint density at radius 2 is 1.89 bits per heavy atom. The molecule has 2 nitrogen and oxygen atoms in total. The van der Waals surface area contributed by atoms with Crippen LogP contribution in [0.15, 0.2) is 40.9 Å². The van der Waals surface area contributed by atoms with E-state index in [0.29, 0.717) is 4.47 Å². The molecule has 6 heteroatoms. The maximum Gasteiger partial charge on any atom is 0.257 e. The highest BCUT2D eigenvalue weighted by atomic mass is 79.9. The lowest BCUT2D eigenvalue weighted by molar-refractivity contribution is 0.102. The van der Waals surface area contributed by atoms with Crippen molar-refractivity contribution in [2.45, 2.75) is 0 Å². The molecule has 2 aromatic carbocycles. The van der Waals surface area contributed by atoms with Crippen LogP contribution in [0.2, 0.25) is 5.02 Å². The summed E-state index contributed by atoms with van der Waals surface area (Å²) < 4.78 is 27.0. The number of halogens is 4. The molecular weight excluding hydrogens is 340 g/mol. The summed E-state index contributed by atoms with van der Waals surface area (Å²) in [4.78, 5) is 11.9. The van der Waals surface area contributed by atoms with Crippen LogP contribution in [0.25, 0.3) is 0 Å². The summed E-state index contributed by atoms with van der Waals surface area (Å²) in [5.41, 5.74) is -0.0688. The van der Waals surface area contributed by atoms with Crippen LogP contribution in [-0.2, 0) is 0 Å². The van der Waals surface area contributed by atoms with Gasteiger partial charge >= 0.3 is 0 Å². The molecule has 2 aromatic rings. The van der Waals surface area contributed by atoms with Crippen molar-refractivity contribution in [2.75, 3.05) is 5.32 Å². The van der Waals surface area contributed by atoms with Crippen molar-refractivity contribution in [3.8, 4) is 0 Å². The average molecular weight is 347 g/mol. The molecule has 2 rings (SSSR count). The summed E-state index contributed by atoms with van der Waals surface area (Å²) >= 11 is 9.08. The first kappa shape index (κ1) is 14.0. The van der Waals surface area contributed by atoms with Crippen molar-refractivity contribution in [1.82, 2.24) is 0 Å². The smallest absolute Gasteiger partial charge is 0.257 e. The first-order valence-electron chi connectivity index (χ1n) is 5.19. The normalized spacial score (nSPS) is 10.3. The second-order valence-corrected chi connectivity index (χ2v) is 5.03. The predicted octanol–water partition coefficient (Wildman–Crippen LogP) is 4.63. The molecule has 0 bridgehead atoms. The van der Waals surface area contributed by atoms with E-state index in [1.54, 1.807) is 6.07 Å². The van der Waals surface area contributed by atoms with Crippen molar-refractivity contribution < 1.29 is 13.6 Å². The fraction of sp³-hybridized carbons (Fsp3) is 0. The van der Waals surface area contributed by atoms with E-state index in [1.165, 1.54) is 12.1 Å². The van der Waals surface area contributed by atoms with E-state index in [1.807, 2.05) is 0 Å². The van der Waals surface area contributed by atoms with Crippen molar-refractivity contribution >= 4 is 39.1 Å². The van der Waals surface area contributed by atoms with E-state index in [-0.39, 0.29) is 16.3 Å². The Hall–Kier alpha value is -1.46. The Morgan fingerprint density at radius 1 is 1.16 bits per heavy atom. The number of hydrogen-bond acceptors (Lipinski definition) is 1. The molecule has 0 saturated heterocycles. The van der Waals surface area contributed by atoms with E-state index in [4.69, 9.17) is 11.6 Å². The minimum atomic E-state index is -0.721. The van der Waals surface area contributed by atoms with Gasteiger partial charge in [-0.15, -0.1) is 0 Å². The number of benzene rings is 2. The number of amides is 1. The van der Waals surface area contributed by atoms with Gasteiger partial charge in [0.1, 0.15) is 11.6 Å². The van der Waals surface area contributed by atoms with Crippen molar-refractivity contribution in [1.29, 1.82) is 0 Å². The van der Waals surface area contributed by atoms with Crippen LogP contribution in [0.3, 0.4) is 0 Å². The van der Waals surface area contributed by atoms with Crippen LogP contribution in [0.1, 0.15) is 10.4 Å². The summed E-state index contributed by atoms with van der Waals surface area (Å²) in [7, 11) is 0. The topological polar surface area (TPSA) is 29.1 Å². The van der Waals surface area contributed by atoms with Gasteiger partial charge in [-0.05, 0) is 30.3 Å². The molecule has 0 heterocycles. The van der Waals surface area contributed by atoms with Gasteiger partial charge in [0.05, 0.1) is 16.3 Å². The number of carbonyl (C=O) groups is 1. The SMILES string of the molecule is O=C(Nc1cc(F)ccc1F)c1cc(Br)ccc1Cl. The predicted molar refractivity (Wildman–Crippen MR) is 73.5 cm³/mol. The Bertz CT molecular complexity index is 649. The zero-order valence-corrected chi connectivity index (χ0v) is 11.7. The Balaban J connectivity index is 2.30. The molecule has 0 aliphatic carbocycles. The number of anilines is 1. The highest BCUT2D eigenvalue weighted by Crippen LogP contribution is 2.23. The first-order valence-corrected chi connectivity index (χ1v) is 6.36. The summed E-state index contributed by atoms with van der Waals surface area (Å²) in [6.07, 6.45) is 0. The molecule has 0 atom stereocenters. The molecule has 0 radical (unpaired) electrons. The minimum Gasteiger partial charge on any atom is -0.319 e. The summed E-state index contributed by atoms with van der Waals surface area (Å²) in [5, 5.41) is 2.50. The van der Waals surface area contributed by atoms with E-state index < -0.39 is 17.5 Å². The average Bonchev–Trinajstić information content (AvgIpc) is 2.36. The summed E-state index contributed by atoms with van der Waals surface area (Å²) in [6.45, 7) is 0. The van der Waals surface area contributed by atoms with Crippen molar-refractivity contribution in [3.63, 3.8) is 0 Å². The van der Waals surface area contributed by atoms with Crippen molar-refractivity contribution in [2.24, 2.45) is 0 Å². The quantitative estimate of drug-likeness (QED) is 0.844. The lowest BCUT2D eigenvalue weighted by Gasteiger charge is -2.08. The van der Waals surface area contributed by atoms with Gasteiger partial charge in [-0.3, -0.25) is 4.79 Å². The number of rotatable bonds is 2. The minimum absolute atomic E-state index is 0.166. The summed E-state index contributed by atoms with van der Waals surface area (Å²) in [5.74, 6) is -1.98. The third-order valence-electron chi connectivity index (χ3n) is 2.35. The maximum atomic E-state index is 13.4. The zero-order chi connectivity index (χ0) is 14.0. The first-order chi connectivity index (χ1) is 8.97. The third-order valence-corrected chi connectivity index (χ3v) is 3.17. The highest BCUT2D eigenvalue weighted by molar-refractivity contribution is 9.10. The van der Waals surface area contributed by atoms with Crippen LogP contribution < -0.4 is 5.32 Å². The fourth-order valence-electron chi connectivity index (χ4n) is 1.45. The number of hydrogen-bond donors (Lipinski definition) is 1. The van der Waals surface area contributed by atoms with Gasteiger partial charge in [0, 0.05) is 10.5 Å². The van der Waals surface area contributed by atoms with Crippen molar-refractivity contribution in [3.05, 3.63) is 63.1 Å². The molecule has 0 aromatic heterocycles. The monoisotopic (exact) mass is 345 g/mol. The van der Waals surface area contributed by atoms with Crippen LogP contribution in [0.5, 0.6) is 0 Å². The van der Waals surface area contributed by atoms with Gasteiger partial charge in [-0.1, -0.05) is 27.5 Å². The van der Waals surface area contributed by atoms with E-state index in [2.05, 4.69) is 21.2 Å². The number of nitrogens with one attached hydrogen (secondary N) is 1. The molecule has 0 aliphatic heterocycles. The van der Waals surface area contributed by atoms with Gasteiger partial charge in [0.15, 0.2) is 0 Å². The molecule has 0 aliphatic rings. The molecule has 0 spiro atoms. The number of carbonyl (C=O) groups excluding carboxylic acids is 1. The van der Waals surface area contributed by atoms with E-state index in [0.717, 1.165) is 18.2 Å². The van der Waals surface area contributed by atoms with Gasteiger partial charge in [0.25, 0.3) is 5.91 Å². The van der Waals surface area contributed by atoms with Crippen LogP contribution >= 0.6 is 27.5 Å². The lowest BCUT2D eigenvalue weighted by Crippen LogP contribution is -2.13. The summed E-state index contributed by atoms with van der Waals surface area (Å²) in [6, 6.07) is 7.50. The van der Waals surface area contributed by atoms with Gasteiger partial charge < -0.3 is 5.32 Å². The van der Waals surface area contributed by atoms with Gasteiger partial charge in [-0.2, -0.15) is 0 Å². The second-order valence-electron chi connectivity index (χ2n) is 3.70. The van der Waals surface area contributed by atoms with Crippen LogP contribution in [0.4, 0.5) is 14.5 Å². The maximum absolute atomic E-state index is 13.4. The zero-order valence-electron chi connectivity index (χ0n) is 9.38. The van der Waals surface area contributed by atoms with Gasteiger partial charge in [0.2, 0.25) is 0 Å². The largest absolute Gasteiger partial charge is 0.319 e. The van der Waals surface area contributed by atoms with Crippen LogP contribution in [0, 0.1) is 11.6 Å².